The first-order valence-corrected chi connectivity index (χ1v) is 11.1. The summed E-state index contributed by atoms with van der Waals surface area (Å²) in [4.78, 5) is 0. The molecule has 0 amide bonds. The molecule has 172 valence electrons. The number of phenols is 3. The number of hydrogen-bond donors (Lipinski definition) is 5. The Bertz CT molecular complexity index is 1060. The Hall–Kier alpha value is -2.70. The quantitative estimate of drug-likeness (QED) is 0.358. The third-order valence-electron chi connectivity index (χ3n) is 6.93. The fourth-order valence-electron chi connectivity index (χ4n) is 5.25. The van der Waals surface area contributed by atoms with Gasteiger partial charge in [-0.1, -0.05) is 17.7 Å². The van der Waals surface area contributed by atoms with Crippen LogP contribution in [0.25, 0.3) is 0 Å². The van der Waals surface area contributed by atoms with Gasteiger partial charge in [-0.05, 0) is 75.8 Å². The van der Waals surface area contributed by atoms with Crippen LogP contribution in [0.15, 0.2) is 35.9 Å². The van der Waals surface area contributed by atoms with E-state index < -0.39 is 17.8 Å². The van der Waals surface area contributed by atoms with Crippen LogP contribution in [0.3, 0.4) is 0 Å². The summed E-state index contributed by atoms with van der Waals surface area (Å²) in [6.07, 6.45) is 2.40. The van der Waals surface area contributed by atoms with Gasteiger partial charge in [0, 0.05) is 23.5 Å². The number of hydrogen-bond acceptors (Lipinski definition) is 6. The third kappa shape index (κ3) is 3.93. The monoisotopic (exact) mass is 440 g/mol. The van der Waals surface area contributed by atoms with Crippen molar-refractivity contribution in [3.8, 4) is 23.0 Å². The van der Waals surface area contributed by atoms with E-state index in [4.69, 9.17) is 4.74 Å². The Kier molecular flexibility index (Phi) is 5.63. The van der Waals surface area contributed by atoms with E-state index in [1.165, 1.54) is 17.7 Å². The molecule has 2 aromatic rings. The minimum atomic E-state index is -0.943. The average Bonchev–Trinajstić information content (AvgIpc) is 2.69. The Morgan fingerprint density at radius 3 is 2.38 bits per heavy atom. The molecule has 2 aromatic carbocycles. The highest BCUT2D eigenvalue weighted by Crippen LogP contribution is 2.51. The van der Waals surface area contributed by atoms with Gasteiger partial charge in [-0.2, -0.15) is 0 Å². The Morgan fingerprint density at radius 2 is 1.72 bits per heavy atom. The number of aryl methyl sites for hydroxylation is 1. The van der Waals surface area contributed by atoms with Gasteiger partial charge in [0.05, 0.1) is 11.7 Å². The number of phenolic OH excluding ortho intramolecular Hbond substituents is 3. The molecule has 0 fully saturated rings. The highest BCUT2D eigenvalue weighted by atomic mass is 16.5. The molecule has 0 radical (unpaired) electrons. The van der Waals surface area contributed by atoms with Gasteiger partial charge in [0.25, 0.3) is 0 Å². The minimum absolute atomic E-state index is 0.0369. The van der Waals surface area contributed by atoms with Crippen molar-refractivity contribution in [1.29, 1.82) is 0 Å². The lowest BCUT2D eigenvalue weighted by Crippen LogP contribution is -2.37. The predicted octanol–water partition coefficient (Wildman–Crippen LogP) is 4.36. The summed E-state index contributed by atoms with van der Waals surface area (Å²) in [6, 6.07) is 6.06. The van der Waals surface area contributed by atoms with Gasteiger partial charge in [-0.3, -0.25) is 0 Å². The highest BCUT2D eigenvalue weighted by Gasteiger charge is 2.41. The normalized spacial score (nSPS) is 25.6. The summed E-state index contributed by atoms with van der Waals surface area (Å²) in [5, 5.41) is 52.0. The van der Waals surface area contributed by atoms with Crippen molar-refractivity contribution < 1.29 is 30.3 Å². The van der Waals surface area contributed by atoms with Crippen LogP contribution in [-0.4, -0.2) is 37.2 Å². The molecule has 6 nitrogen and oxygen atoms in total. The Labute approximate surface area is 188 Å². The number of aliphatic hydroxyl groups excluding tert-OH is 1. The van der Waals surface area contributed by atoms with Crippen LogP contribution in [0.5, 0.6) is 23.0 Å². The van der Waals surface area contributed by atoms with Gasteiger partial charge in [0.1, 0.15) is 17.6 Å². The lowest BCUT2D eigenvalue weighted by atomic mass is 9.68. The fraction of sp³-hybridized carbons (Fsp3) is 0.462. The van der Waals surface area contributed by atoms with Crippen molar-refractivity contribution in [3.63, 3.8) is 0 Å². The minimum Gasteiger partial charge on any atom is -0.508 e. The average molecular weight is 441 g/mol. The molecule has 1 heterocycles. The van der Waals surface area contributed by atoms with Crippen LogP contribution in [-0.2, 0) is 6.42 Å². The molecule has 1 aliphatic carbocycles. The van der Waals surface area contributed by atoms with Crippen LogP contribution in [0.2, 0.25) is 0 Å². The van der Waals surface area contributed by atoms with E-state index in [0.29, 0.717) is 16.9 Å². The molecule has 2 aliphatic rings. The first-order chi connectivity index (χ1) is 15.0. The number of allylic oxidation sites excluding steroid dienone is 2. The number of rotatable bonds is 3. The van der Waals surface area contributed by atoms with Crippen LogP contribution in [0, 0.1) is 12.8 Å². The molecular weight excluding hydrogens is 408 g/mol. The van der Waals surface area contributed by atoms with E-state index in [2.05, 4.69) is 13.0 Å². The summed E-state index contributed by atoms with van der Waals surface area (Å²) in [5.41, 5.74) is 3.17. The molecule has 0 spiro atoms. The van der Waals surface area contributed by atoms with E-state index in [0.717, 1.165) is 24.0 Å². The second kappa shape index (κ2) is 8.01. The molecule has 4 rings (SSSR count). The summed E-state index contributed by atoms with van der Waals surface area (Å²) in [6.45, 7) is 7.66. The van der Waals surface area contributed by atoms with Gasteiger partial charge >= 0.3 is 0 Å². The maximum atomic E-state index is 10.9. The highest BCUT2D eigenvalue weighted by molar-refractivity contribution is 5.58. The molecule has 1 aliphatic heterocycles. The van der Waals surface area contributed by atoms with Crippen LogP contribution >= 0.6 is 0 Å². The van der Waals surface area contributed by atoms with Crippen molar-refractivity contribution in [2.24, 2.45) is 5.92 Å². The van der Waals surface area contributed by atoms with Crippen molar-refractivity contribution in [3.05, 3.63) is 58.2 Å². The van der Waals surface area contributed by atoms with Crippen LogP contribution in [0.1, 0.15) is 67.9 Å². The van der Waals surface area contributed by atoms with Crippen LogP contribution in [0.4, 0.5) is 0 Å². The zero-order valence-electron chi connectivity index (χ0n) is 19.0. The largest absolute Gasteiger partial charge is 0.508 e. The van der Waals surface area contributed by atoms with Crippen molar-refractivity contribution in [2.75, 3.05) is 0 Å². The zero-order valence-corrected chi connectivity index (χ0v) is 19.0. The van der Waals surface area contributed by atoms with E-state index in [1.54, 1.807) is 12.1 Å². The van der Waals surface area contributed by atoms with Crippen LogP contribution < -0.4 is 4.74 Å². The molecule has 0 saturated carbocycles. The van der Waals surface area contributed by atoms with Gasteiger partial charge in [0.2, 0.25) is 0 Å². The molecule has 6 heteroatoms. The third-order valence-corrected chi connectivity index (χ3v) is 6.93. The van der Waals surface area contributed by atoms with Gasteiger partial charge < -0.3 is 30.3 Å². The summed E-state index contributed by atoms with van der Waals surface area (Å²) in [5.74, 6) is -0.0830. The standard InChI is InChI=1S/C26H32O6/c1-13-5-7-18(26(3,4)31)16(9-13)23-14(2)10-20(28)17-12-22(30)24(32-25(17)23)15-6-8-19(27)21(29)11-15/h6,8-11,16,18,22,24,27-31H,5,7,12H2,1-4H3. The first-order valence-electron chi connectivity index (χ1n) is 11.1. The smallest absolute Gasteiger partial charge is 0.157 e. The van der Waals surface area contributed by atoms with Crippen molar-refractivity contribution in [1.82, 2.24) is 0 Å². The molecule has 0 bridgehead atoms. The molecule has 5 N–H and O–H groups in total. The van der Waals surface area contributed by atoms with E-state index in [9.17, 15) is 25.5 Å². The summed E-state index contributed by atoms with van der Waals surface area (Å²) < 4.78 is 6.35. The van der Waals surface area contributed by atoms with Gasteiger partial charge in [0.15, 0.2) is 11.5 Å². The van der Waals surface area contributed by atoms with Crippen molar-refractivity contribution in [2.45, 2.75) is 70.7 Å². The second-order valence-corrected chi connectivity index (χ2v) is 9.83. The molecule has 0 saturated heterocycles. The van der Waals surface area contributed by atoms with Crippen molar-refractivity contribution >= 4 is 0 Å². The number of fused-ring (bicyclic) bond motifs is 1. The molecule has 32 heavy (non-hydrogen) atoms. The van der Waals surface area contributed by atoms with E-state index in [-0.39, 0.29) is 35.5 Å². The van der Waals surface area contributed by atoms with Gasteiger partial charge in [-0.25, -0.2) is 0 Å². The molecule has 4 atom stereocenters. The number of benzene rings is 2. The van der Waals surface area contributed by atoms with E-state index >= 15 is 0 Å². The lowest BCUT2D eigenvalue weighted by Gasteiger charge is -2.41. The van der Waals surface area contributed by atoms with E-state index in [1.807, 2.05) is 20.8 Å². The zero-order chi connectivity index (χ0) is 23.4. The maximum Gasteiger partial charge on any atom is 0.157 e. The molecule has 4 unspecified atom stereocenters. The fourth-order valence-corrected chi connectivity index (χ4v) is 5.25. The Morgan fingerprint density at radius 1 is 1.00 bits per heavy atom. The summed E-state index contributed by atoms with van der Waals surface area (Å²) in [7, 11) is 0. The summed E-state index contributed by atoms with van der Waals surface area (Å²) >= 11 is 0. The Balaban J connectivity index is 1.86. The number of aromatic hydroxyl groups is 3. The lowest BCUT2D eigenvalue weighted by molar-refractivity contribution is 0.00108. The maximum absolute atomic E-state index is 10.9. The SMILES string of the molecule is CC1=CC(c2c(C)cc(O)c3c2OC(c2ccc(O)c(O)c2)C(O)C3)C(C(C)(C)O)CC1. The second-order valence-electron chi connectivity index (χ2n) is 9.83. The number of aliphatic hydroxyl groups is 2. The number of ether oxygens (including phenoxy) is 1. The molecule has 0 aromatic heterocycles. The molecular formula is C26H32O6. The predicted molar refractivity (Wildman–Crippen MR) is 121 cm³/mol. The topological polar surface area (TPSA) is 110 Å². The van der Waals surface area contributed by atoms with Gasteiger partial charge in [-0.15, -0.1) is 0 Å². The first kappa shape index (κ1) is 22.5.